The molecule has 0 radical (unpaired) electrons. The fraction of sp³-hybridized carbons (Fsp3) is 0.962. The van der Waals surface area contributed by atoms with Gasteiger partial charge in [0, 0.05) is 6.61 Å². The van der Waals surface area contributed by atoms with Crippen molar-refractivity contribution in [2.24, 2.45) is 0 Å². The highest BCUT2D eigenvalue weighted by atomic mass is 32.2. The number of carbonyl (C=O) groups excluding carboxylic acids is 1. The summed E-state index contributed by atoms with van der Waals surface area (Å²) in [7, 11) is -6.40. The van der Waals surface area contributed by atoms with Crippen LogP contribution in [0.1, 0.15) is 130 Å². The minimum absolute atomic E-state index is 0.00704. The summed E-state index contributed by atoms with van der Waals surface area (Å²) in [6, 6.07) is 0. The first-order chi connectivity index (χ1) is 17.3. The van der Waals surface area contributed by atoms with Crippen molar-refractivity contribution >= 4 is 23.6 Å². The average Bonchev–Trinajstić information content (AvgIpc) is 2.86. The monoisotopic (exact) mass is 556 g/mol. The van der Waals surface area contributed by atoms with Crippen LogP contribution in [0.2, 0.25) is 0 Å². The van der Waals surface area contributed by atoms with Gasteiger partial charge in [0.25, 0.3) is 0 Å². The largest absolute Gasteiger partial charge is 0.421 e. The van der Waals surface area contributed by atoms with Gasteiger partial charge in [-0.25, -0.2) is 13.2 Å². The second kappa shape index (κ2) is 23.6. The smallest absolute Gasteiger partial charge is 0.377 e. The Morgan fingerprint density at radius 3 is 1.81 bits per heavy atom. The first-order valence-corrected chi connectivity index (χ1v) is 17.2. The molecule has 0 aliphatic heterocycles. The molecular weight excluding hydrogens is 503 g/mol. The summed E-state index contributed by atoms with van der Waals surface area (Å²) in [5.74, 6) is 0.200. The first kappa shape index (κ1) is 35.5. The summed E-state index contributed by atoms with van der Waals surface area (Å²) in [5.41, 5.74) is -1.30. The van der Waals surface area contributed by atoms with Gasteiger partial charge in [-0.2, -0.15) is 5.26 Å². The molecule has 10 heteroatoms. The highest BCUT2D eigenvalue weighted by Gasteiger charge is 2.30. The molecule has 0 fully saturated rings. The molecule has 1 N–H and O–H groups in total. The topological polar surface area (TPSA) is 116 Å². The Labute approximate surface area is 221 Å². The number of carbonyl (C=O) groups is 1. The van der Waals surface area contributed by atoms with Crippen molar-refractivity contribution in [3.8, 4) is 0 Å². The van der Waals surface area contributed by atoms with Crippen molar-refractivity contribution in [1.29, 1.82) is 0 Å². The van der Waals surface area contributed by atoms with Crippen LogP contribution in [0.5, 0.6) is 0 Å². The van der Waals surface area contributed by atoms with E-state index in [9.17, 15) is 17.8 Å². The van der Waals surface area contributed by atoms with Gasteiger partial charge in [0.05, 0.1) is 23.7 Å². The Kier molecular flexibility index (Phi) is 23.3. The van der Waals surface area contributed by atoms with Crippen LogP contribution in [0.25, 0.3) is 0 Å². The van der Waals surface area contributed by atoms with Crippen LogP contribution in [0.3, 0.4) is 0 Å². The van der Waals surface area contributed by atoms with Gasteiger partial charge in [0.1, 0.15) is 0 Å². The molecule has 0 aromatic heterocycles. The van der Waals surface area contributed by atoms with E-state index < -0.39 is 34.9 Å². The molecule has 0 amide bonds. The van der Waals surface area contributed by atoms with Gasteiger partial charge in [-0.3, -0.25) is 9.45 Å². The number of hydrogen-bond acceptors (Lipinski definition) is 8. The number of sulfone groups is 1. The molecule has 8 nitrogen and oxygen atoms in total. The summed E-state index contributed by atoms with van der Waals surface area (Å²) in [4.78, 5) is 14.3. The van der Waals surface area contributed by atoms with Gasteiger partial charge in [-0.15, -0.1) is 0 Å². The van der Waals surface area contributed by atoms with Crippen molar-refractivity contribution < 1.29 is 37.2 Å². The Bertz CT molecular complexity index is 656. The zero-order valence-corrected chi connectivity index (χ0v) is 24.8. The minimum atomic E-state index is -3.28. The number of hydrogen-bond donors (Lipinski definition) is 1. The van der Waals surface area contributed by atoms with Crippen molar-refractivity contribution in [2.75, 3.05) is 19.0 Å². The Hall–Kier alpha value is -0.470. The molecule has 0 saturated carbocycles. The van der Waals surface area contributed by atoms with Crippen LogP contribution in [0.15, 0.2) is 0 Å². The van der Waals surface area contributed by atoms with Crippen LogP contribution in [0.4, 0.5) is 4.79 Å². The molecule has 216 valence electrons. The van der Waals surface area contributed by atoms with E-state index in [1.807, 2.05) is 6.92 Å². The quantitative estimate of drug-likeness (QED) is 0.0494. The van der Waals surface area contributed by atoms with E-state index in [0.29, 0.717) is 19.3 Å². The third kappa shape index (κ3) is 18.7. The standard InChI is InChI=1S/C26H53O8PS/c1-4-6-8-10-12-13-14-16-18-23-36(30,31)25(20-17-15-11-9-7-5-2)24(3)32-21-19-22-33-35(29)26(27)34-28/h24-25,28,35H,4-23H2,1-3H3. The Morgan fingerprint density at radius 2 is 1.28 bits per heavy atom. The predicted octanol–water partition coefficient (Wildman–Crippen LogP) is 7.95. The average molecular weight is 557 g/mol. The molecule has 3 atom stereocenters. The maximum Gasteiger partial charge on any atom is 0.421 e. The third-order valence-corrected chi connectivity index (χ3v) is 9.80. The van der Waals surface area contributed by atoms with Gasteiger partial charge >= 0.3 is 13.7 Å². The van der Waals surface area contributed by atoms with Crippen LogP contribution in [-0.4, -0.2) is 49.7 Å². The number of ether oxygens (including phenoxy) is 1. The van der Waals surface area contributed by atoms with E-state index >= 15 is 0 Å². The van der Waals surface area contributed by atoms with Crippen molar-refractivity contribution in [3.63, 3.8) is 0 Å². The van der Waals surface area contributed by atoms with E-state index in [2.05, 4.69) is 18.7 Å². The lowest BCUT2D eigenvalue weighted by Crippen LogP contribution is -2.36. The lowest BCUT2D eigenvalue weighted by Gasteiger charge is -2.24. The Morgan fingerprint density at radius 1 is 0.778 bits per heavy atom. The second-order valence-electron chi connectivity index (χ2n) is 9.73. The summed E-state index contributed by atoms with van der Waals surface area (Å²) >= 11 is 0. The predicted molar refractivity (Wildman–Crippen MR) is 147 cm³/mol. The molecule has 0 bridgehead atoms. The lowest BCUT2D eigenvalue weighted by atomic mass is 10.1. The molecule has 0 aromatic carbocycles. The van der Waals surface area contributed by atoms with E-state index in [1.54, 1.807) is 0 Å². The fourth-order valence-electron chi connectivity index (χ4n) is 4.29. The molecule has 3 unspecified atom stereocenters. The first-order valence-electron chi connectivity index (χ1n) is 14.2. The summed E-state index contributed by atoms with van der Waals surface area (Å²) in [5, 5.41) is 7.67. The third-order valence-electron chi connectivity index (χ3n) is 6.51. The Balaban J connectivity index is 4.56. The maximum atomic E-state index is 13.2. The van der Waals surface area contributed by atoms with Gasteiger partial charge in [-0.05, 0) is 26.2 Å². The second-order valence-corrected chi connectivity index (χ2v) is 13.3. The summed E-state index contributed by atoms with van der Waals surface area (Å²) in [6.07, 6.45) is 17.3. The lowest BCUT2D eigenvalue weighted by molar-refractivity contribution is -0.168. The van der Waals surface area contributed by atoms with E-state index in [4.69, 9.17) is 14.5 Å². The molecule has 36 heavy (non-hydrogen) atoms. The van der Waals surface area contributed by atoms with Gasteiger partial charge in [0.2, 0.25) is 0 Å². The molecule has 0 heterocycles. The zero-order valence-electron chi connectivity index (χ0n) is 23.0. The van der Waals surface area contributed by atoms with E-state index in [0.717, 1.165) is 32.1 Å². The van der Waals surface area contributed by atoms with Crippen LogP contribution < -0.4 is 0 Å². The fourth-order valence-corrected chi connectivity index (χ4v) is 6.91. The van der Waals surface area contributed by atoms with Crippen molar-refractivity contribution in [1.82, 2.24) is 0 Å². The van der Waals surface area contributed by atoms with Crippen LogP contribution in [-0.2, 0) is 28.6 Å². The summed E-state index contributed by atoms with van der Waals surface area (Å²) < 4.78 is 48.5. The van der Waals surface area contributed by atoms with Gasteiger partial charge < -0.3 is 9.26 Å². The maximum absolute atomic E-state index is 13.2. The van der Waals surface area contributed by atoms with E-state index in [-0.39, 0.29) is 19.0 Å². The van der Waals surface area contributed by atoms with Crippen molar-refractivity contribution in [2.45, 2.75) is 141 Å². The highest BCUT2D eigenvalue weighted by molar-refractivity contribution is 7.92. The summed E-state index contributed by atoms with van der Waals surface area (Å²) in [6.45, 7) is 6.42. The minimum Gasteiger partial charge on any atom is -0.377 e. The molecule has 0 aliphatic rings. The molecule has 0 aromatic rings. The number of rotatable bonds is 26. The van der Waals surface area contributed by atoms with Gasteiger partial charge in [0.15, 0.2) is 9.84 Å². The molecular formula is C26H53O8PS. The SMILES string of the molecule is CCCCCCCCCCCS(=O)(=O)C(CCCCCCCC)C(C)OCCCO[PH](=O)C(=O)OO. The van der Waals surface area contributed by atoms with Crippen LogP contribution >= 0.6 is 8.03 Å². The van der Waals surface area contributed by atoms with Crippen molar-refractivity contribution in [3.05, 3.63) is 0 Å². The zero-order chi connectivity index (χ0) is 27.1. The normalized spacial score (nSPS) is 14.4. The van der Waals surface area contributed by atoms with Gasteiger partial charge in [-0.1, -0.05) is 104 Å². The molecule has 0 aliphatic carbocycles. The number of unbranched alkanes of at least 4 members (excludes halogenated alkanes) is 13. The molecule has 0 spiro atoms. The molecule has 0 saturated heterocycles. The highest BCUT2D eigenvalue weighted by Crippen LogP contribution is 2.25. The molecule has 0 rings (SSSR count). The van der Waals surface area contributed by atoms with E-state index in [1.165, 1.54) is 57.8 Å². The van der Waals surface area contributed by atoms with Crippen LogP contribution in [0, 0.1) is 0 Å².